The molecule has 0 spiro atoms. The van der Waals surface area contributed by atoms with Crippen LogP contribution in [0, 0.1) is 0 Å². The zero-order chi connectivity index (χ0) is 35.6. The number of hydrogen-bond donors (Lipinski definition) is 1. The van der Waals surface area contributed by atoms with E-state index in [2.05, 4.69) is 5.32 Å². The highest BCUT2D eigenvalue weighted by Gasteiger charge is 2.36. The van der Waals surface area contributed by atoms with Crippen molar-refractivity contribution in [3.8, 4) is 17.2 Å². The van der Waals surface area contributed by atoms with Crippen LogP contribution in [0.3, 0.4) is 0 Å². The Balaban J connectivity index is 1.88. The summed E-state index contributed by atoms with van der Waals surface area (Å²) in [6, 6.07) is 23.8. The average Bonchev–Trinajstić information content (AvgIpc) is 3.10. The molecule has 4 aromatic carbocycles. The first-order valence-corrected chi connectivity index (χ1v) is 17.7. The third-order valence-electron chi connectivity index (χ3n) is 7.69. The largest absolute Gasteiger partial charge is 0.495 e. The normalized spacial score (nSPS) is 11.7. The SMILES string of the molecule is CCCNC(=O)[C@H](Cc1ccccc1)N(Cc1cccc(Cl)c1)C(=O)CN(c1cc(Cl)ccc1OC)S(=O)(=O)c1ccc(OC)c(OC)c1. The van der Waals surface area contributed by atoms with Gasteiger partial charge in [0, 0.05) is 35.6 Å². The van der Waals surface area contributed by atoms with Crippen LogP contribution in [0.1, 0.15) is 24.5 Å². The van der Waals surface area contributed by atoms with Gasteiger partial charge in [0.2, 0.25) is 11.8 Å². The van der Waals surface area contributed by atoms with Gasteiger partial charge in [-0.15, -0.1) is 0 Å². The molecule has 49 heavy (non-hydrogen) atoms. The lowest BCUT2D eigenvalue weighted by Gasteiger charge is -2.34. The van der Waals surface area contributed by atoms with Gasteiger partial charge in [0.05, 0.1) is 31.9 Å². The van der Waals surface area contributed by atoms with Crippen LogP contribution in [0.25, 0.3) is 0 Å². The second-order valence-electron chi connectivity index (χ2n) is 11.0. The van der Waals surface area contributed by atoms with Gasteiger partial charge < -0.3 is 24.4 Å². The Morgan fingerprint density at radius 2 is 1.43 bits per heavy atom. The zero-order valence-electron chi connectivity index (χ0n) is 27.7. The number of halogens is 2. The summed E-state index contributed by atoms with van der Waals surface area (Å²) in [5.74, 6) is -0.386. The highest BCUT2D eigenvalue weighted by Crippen LogP contribution is 2.37. The molecule has 260 valence electrons. The summed E-state index contributed by atoms with van der Waals surface area (Å²) in [7, 11) is -0.290. The van der Waals surface area contributed by atoms with Gasteiger partial charge in [0.25, 0.3) is 10.0 Å². The molecule has 4 aromatic rings. The van der Waals surface area contributed by atoms with Gasteiger partial charge >= 0.3 is 0 Å². The van der Waals surface area contributed by atoms with Crippen LogP contribution in [-0.4, -0.2) is 65.6 Å². The fourth-order valence-corrected chi connectivity index (χ4v) is 7.04. The van der Waals surface area contributed by atoms with Gasteiger partial charge in [-0.1, -0.05) is 72.6 Å². The number of benzene rings is 4. The summed E-state index contributed by atoms with van der Waals surface area (Å²) in [5, 5.41) is 3.58. The molecule has 0 fully saturated rings. The van der Waals surface area contributed by atoms with E-state index in [-0.39, 0.29) is 46.0 Å². The van der Waals surface area contributed by atoms with Gasteiger partial charge in [-0.3, -0.25) is 13.9 Å². The Hall–Kier alpha value is -4.45. The van der Waals surface area contributed by atoms with Crippen molar-refractivity contribution in [1.82, 2.24) is 10.2 Å². The number of nitrogens with one attached hydrogen (secondary N) is 1. The van der Waals surface area contributed by atoms with Crippen molar-refractivity contribution in [1.29, 1.82) is 0 Å². The minimum atomic E-state index is -4.50. The summed E-state index contributed by atoms with van der Waals surface area (Å²) in [4.78, 5) is 29.7. The molecule has 10 nitrogen and oxygen atoms in total. The van der Waals surface area contributed by atoms with E-state index in [1.807, 2.05) is 37.3 Å². The van der Waals surface area contributed by atoms with E-state index in [0.29, 0.717) is 29.3 Å². The maximum atomic E-state index is 14.7. The topological polar surface area (TPSA) is 114 Å². The van der Waals surface area contributed by atoms with Gasteiger partial charge in [0.1, 0.15) is 18.3 Å². The number of nitrogens with zero attached hydrogens (tertiary/aromatic N) is 2. The minimum absolute atomic E-state index is 0.0240. The molecule has 1 N–H and O–H groups in total. The van der Waals surface area contributed by atoms with Crippen molar-refractivity contribution in [2.45, 2.75) is 37.2 Å². The molecule has 0 radical (unpaired) electrons. The lowest BCUT2D eigenvalue weighted by Crippen LogP contribution is -2.53. The fourth-order valence-electron chi connectivity index (χ4n) is 5.23. The van der Waals surface area contributed by atoms with Crippen LogP contribution in [0.2, 0.25) is 10.0 Å². The number of anilines is 1. The molecule has 0 bridgehead atoms. The molecule has 13 heteroatoms. The molecular formula is C36H39Cl2N3O7S. The highest BCUT2D eigenvalue weighted by atomic mass is 35.5. The van der Waals surface area contributed by atoms with Gasteiger partial charge in [-0.05, 0) is 60.0 Å². The van der Waals surface area contributed by atoms with Crippen molar-refractivity contribution in [3.63, 3.8) is 0 Å². The Morgan fingerprint density at radius 1 is 0.776 bits per heavy atom. The molecule has 0 heterocycles. The Bertz CT molecular complexity index is 1860. The number of sulfonamides is 1. The van der Waals surface area contributed by atoms with Crippen molar-refractivity contribution in [3.05, 3.63) is 112 Å². The Kier molecular flexibility index (Phi) is 13.2. The van der Waals surface area contributed by atoms with E-state index in [4.69, 9.17) is 37.4 Å². The highest BCUT2D eigenvalue weighted by molar-refractivity contribution is 7.92. The summed E-state index contributed by atoms with van der Waals surface area (Å²) < 4.78 is 46.2. The predicted molar refractivity (Wildman–Crippen MR) is 191 cm³/mol. The lowest BCUT2D eigenvalue weighted by atomic mass is 10.0. The molecule has 0 aliphatic heterocycles. The first-order chi connectivity index (χ1) is 23.5. The maximum absolute atomic E-state index is 14.7. The van der Waals surface area contributed by atoms with Gasteiger partial charge in [-0.2, -0.15) is 0 Å². The summed E-state index contributed by atoms with van der Waals surface area (Å²) in [6.07, 6.45) is 0.851. The first kappa shape index (κ1) is 37.4. The third kappa shape index (κ3) is 9.38. The number of amides is 2. The van der Waals surface area contributed by atoms with E-state index in [1.165, 1.54) is 56.6 Å². The number of hydrogen-bond acceptors (Lipinski definition) is 7. The molecule has 0 aliphatic rings. The third-order valence-corrected chi connectivity index (χ3v) is 9.92. The minimum Gasteiger partial charge on any atom is -0.495 e. The molecule has 0 aromatic heterocycles. The quantitative estimate of drug-likeness (QED) is 0.143. The Morgan fingerprint density at radius 3 is 2.08 bits per heavy atom. The van der Waals surface area contributed by atoms with Crippen molar-refractivity contribution in [2.24, 2.45) is 0 Å². The standard InChI is InChI=1S/C36H39Cl2N3O7S/c1-5-18-39-36(43)31(20-25-10-7-6-8-11-25)40(23-26-12-9-13-27(37)19-26)35(42)24-41(30-21-28(38)14-16-32(30)46-2)49(44,45)29-15-17-33(47-3)34(22-29)48-4/h6-17,19,21-22,31H,5,18,20,23-24H2,1-4H3,(H,39,43)/t31-/m0/s1. The molecule has 0 saturated carbocycles. The van der Waals surface area contributed by atoms with Gasteiger partial charge in [-0.25, -0.2) is 8.42 Å². The number of methoxy groups -OCH3 is 3. The van der Waals surface area contributed by atoms with E-state index in [0.717, 1.165) is 9.87 Å². The van der Waals surface area contributed by atoms with Crippen LogP contribution < -0.4 is 23.8 Å². The van der Waals surface area contributed by atoms with Crippen LogP contribution >= 0.6 is 23.2 Å². The van der Waals surface area contributed by atoms with Crippen LogP contribution in [0.4, 0.5) is 5.69 Å². The second-order valence-corrected chi connectivity index (χ2v) is 13.7. The molecule has 1 atom stereocenters. The smallest absolute Gasteiger partial charge is 0.265 e. The number of ether oxygens (including phenoxy) is 3. The molecular weight excluding hydrogens is 689 g/mol. The molecule has 0 aliphatic carbocycles. The van der Waals surface area contributed by atoms with Crippen LogP contribution in [0.15, 0.2) is 95.9 Å². The lowest BCUT2D eigenvalue weighted by molar-refractivity contribution is -0.140. The van der Waals surface area contributed by atoms with E-state index >= 15 is 0 Å². The van der Waals surface area contributed by atoms with E-state index < -0.39 is 28.5 Å². The van der Waals surface area contributed by atoms with Crippen molar-refractivity contribution in [2.75, 3.05) is 38.7 Å². The predicted octanol–water partition coefficient (Wildman–Crippen LogP) is 6.38. The number of carbonyl (C=O) groups excluding carboxylic acids is 2. The number of carbonyl (C=O) groups is 2. The van der Waals surface area contributed by atoms with Crippen LogP contribution in [-0.2, 0) is 32.6 Å². The summed E-state index contributed by atoms with van der Waals surface area (Å²) in [6.45, 7) is 1.58. The molecule has 0 saturated heterocycles. The van der Waals surface area contributed by atoms with Gasteiger partial charge in [0.15, 0.2) is 11.5 Å². The monoisotopic (exact) mass is 727 g/mol. The summed E-state index contributed by atoms with van der Waals surface area (Å²) >= 11 is 12.7. The molecule has 4 rings (SSSR count). The fraction of sp³-hybridized carbons (Fsp3) is 0.278. The average molecular weight is 729 g/mol. The molecule has 2 amide bonds. The maximum Gasteiger partial charge on any atom is 0.265 e. The summed E-state index contributed by atoms with van der Waals surface area (Å²) in [5.41, 5.74) is 1.49. The van der Waals surface area contributed by atoms with Crippen molar-refractivity contribution < 1.29 is 32.2 Å². The first-order valence-electron chi connectivity index (χ1n) is 15.5. The van der Waals surface area contributed by atoms with E-state index in [9.17, 15) is 18.0 Å². The van der Waals surface area contributed by atoms with Crippen LogP contribution in [0.5, 0.6) is 17.2 Å². The molecule has 0 unspecified atom stereocenters. The zero-order valence-corrected chi connectivity index (χ0v) is 30.0. The number of rotatable bonds is 16. The van der Waals surface area contributed by atoms with E-state index in [1.54, 1.807) is 30.3 Å². The van der Waals surface area contributed by atoms with Crippen molar-refractivity contribution >= 4 is 50.7 Å². The Labute approximate surface area is 297 Å². The second kappa shape index (κ2) is 17.3.